The van der Waals surface area contributed by atoms with Gasteiger partial charge >= 0.3 is 0 Å². The smallest absolute Gasteiger partial charge is 0.273 e. The number of benzene rings is 2. The molecule has 182 valence electrons. The maximum absolute atomic E-state index is 13.6. The predicted octanol–water partition coefficient (Wildman–Crippen LogP) is 4.37. The number of hydrogen-bond donors (Lipinski definition) is 0. The number of methoxy groups -OCH3 is 1. The maximum Gasteiger partial charge on any atom is 0.273 e. The predicted molar refractivity (Wildman–Crippen MR) is 136 cm³/mol. The molecule has 0 unspecified atom stereocenters. The molecule has 1 aliphatic heterocycles. The number of imide groups is 1. The second-order valence-corrected chi connectivity index (χ2v) is 11.6. The topological polar surface area (TPSA) is 84.0 Å². The van der Waals surface area contributed by atoms with Gasteiger partial charge in [0.1, 0.15) is 12.3 Å². The first-order valence-corrected chi connectivity index (χ1v) is 13.3. The molecule has 2 aliphatic carbocycles. The van der Waals surface area contributed by atoms with Gasteiger partial charge in [-0.05, 0) is 66.8 Å². The zero-order chi connectivity index (χ0) is 25.0. The van der Waals surface area contributed by atoms with E-state index in [4.69, 9.17) is 16.3 Å². The standard InChI is InChI=1S/C25H21Br2ClN2O5/c1-35-15-8-4-12(5-9-15)18(31)11-29(23(32)13-2-6-14(28)7-3-13)30-24(33)19-16-10-17(20(19)25(30)34)22(27)21(16)26/h2-9,16-17,19-22H,10-11H2,1H3/t16-,17-,19-,20-,21+,22+/m1/s1. The van der Waals surface area contributed by atoms with E-state index in [9.17, 15) is 19.2 Å². The second kappa shape index (κ2) is 9.33. The lowest BCUT2D eigenvalue weighted by atomic mass is 9.81. The van der Waals surface area contributed by atoms with E-state index in [1.165, 1.54) is 19.2 Å². The summed E-state index contributed by atoms with van der Waals surface area (Å²) >= 11 is 13.3. The first-order valence-electron chi connectivity index (χ1n) is 11.1. The van der Waals surface area contributed by atoms with Crippen LogP contribution >= 0.6 is 43.5 Å². The molecule has 10 heteroatoms. The Hall–Kier alpha value is -2.23. The van der Waals surface area contributed by atoms with Crippen LogP contribution in [0, 0.1) is 23.7 Å². The van der Waals surface area contributed by atoms with E-state index in [-0.39, 0.29) is 27.1 Å². The van der Waals surface area contributed by atoms with Crippen LogP contribution in [0.5, 0.6) is 5.75 Å². The van der Waals surface area contributed by atoms with Crippen LogP contribution < -0.4 is 4.74 Å². The van der Waals surface area contributed by atoms with Gasteiger partial charge in [0.05, 0.1) is 18.9 Å². The van der Waals surface area contributed by atoms with Crippen LogP contribution in [0.2, 0.25) is 5.02 Å². The van der Waals surface area contributed by atoms with Gasteiger partial charge < -0.3 is 4.74 Å². The van der Waals surface area contributed by atoms with E-state index in [2.05, 4.69) is 31.9 Å². The zero-order valence-electron chi connectivity index (χ0n) is 18.6. The van der Waals surface area contributed by atoms with E-state index >= 15 is 0 Å². The van der Waals surface area contributed by atoms with Gasteiger partial charge in [0.2, 0.25) is 0 Å². The summed E-state index contributed by atoms with van der Waals surface area (Å²) in [5.74, 6) is -2.36. The van der Waals surface area contributed by atoms with Crippen molar-refractivity contribution in [3.63, 3.8) is 0 Å². The van der Waals surface area contributed by atoms with Gasteiger partial charge in [-0.3, -0.25) is 19.2 Å². The van der Waals surface area contributed by atoms with E-state index in [0.29, 0.717) is 16.3 Å². The van der Waals surface area contributed by atoms with Gasteiger partial charge in [-0.25, -0.2) is 5.01 Å². The van der Waals surface area contributed by atoms with Crippen LogP contribution in [0.1, 0.15) is 27.1 Å². The number of hydrazine groups is 1. The highest BCUT2D eigenvalue weighted by atomic mass is 79.9. The quantitative estimate of drug-likeness (QED) is 0.271. The number of alkyl halides is 2. The summed E-state index contributed by atoms with van der Waals surface area (Å²) in [6.45, 7) is -0.463. The molecular formula is C25H21Br2ClN2O5. The van der Waals surface area contributed by atoms with Crippen molar-refractivity contribution < 1.29 is 23.9 Å². The van der Waals surface area contributed by atoms with E-state index in [1.807, 2.05) is 0 Å². The summed E-state index contributed by atoms with van der Waals surface area (Å²) in [4.78, 5) is 54.1. The summed E-state index contributed by atoms with van der Waals surface area (Å²) in [6.07, 6.45) is 0.766. The van der Waals surface area contributed by atoms with Gasteiger partial charge in [-0.1, -0.05) is 43.5 Å². The number of fused-ring (bicyclic) bond motifs is 5. The average Bonchev–Trinajstić information content (AvgIpc) is 3.47. The molecule has 0 radical (unpaired) electrons. The molecule has 3 aliphatic rings. The molecule has 35 heavy (non-hydrogen) atoms. The molecule has 2 saturated carbocycles. The number of Topliss-reactive ketones (excluding diaryl/α,β-unsaturated/α-hetero) is 1. The Balaban J connectivity index is 1.49. The highest BCUT2D eigenvalue weighted by molar-refractivity contribution is 9.12. The van der Waals surface area contributed by atoms with Crippen LogP contribution in [-0.2, 0) is 9.59 Å². The third-order valence-electron chi connectivity index (χ3n) is 7.24. The van der Waals surface area contributed by atoms with Gasteiger partial charge in [-0.15, -0.1) is 0 Å². The van der Waals surface area contributed by atoms with E-state index in [0.717, 1.165) is 16.4 Å². The fraction of sp³-hybridized carbons (Fsp3) is 0.360. The first kappa shape index (κ1) is 24.5. The van der Waals surface area contributed by atoms with Gasteiger partial charge in [0, 0.05) is 25.8 Å². The van der Waals surface area contributed by atoms with E-state index in [1.54, 1.807) is 36.4 Å². The molecule has 3 amide bonds. The minimum Gasteiger partial charge on any atom is -0.497 e. The minimum absolute atomic E-state index is 0.0133. The SMILES string of the molecule is COc1ccc(C(=O)CN(C(=O)c2ccc(Cl)cc2)N2C(=O)[C@@H]3[C@H]4C[C@@H]([C@H](Br)[C@H]4Br)[C@H]3C2=O)cc1. The Kier molecular flexibility index (Phi) is 6.52. The van der Waals surface area contributed by atoms with Crippen LogP contribution in [-0.4, -0.2) is 56.8 Å². The van der Waals surface area contributed by atoms with Crippen molar-refractivity contribution in [1.82, 2.24) is 10.0 Å². The average molecular weight is 625 g/mol. The Labute approximate surface area is 224 Å². The highest BCUT2D eigenvalue weighted by Gasteiger charge is 2.67. The molecule has 7 nitrogen and oxygen atoms in total. The highest BCUT2D eigenvalue weighted by Crippen LogP contribution is 2.60. The van der Waals surface area contributed by atoms with Crippen LogP contribution in [0.3, 0.4) is 0 Å². The largest absolute Gasteiger partial charge is 0.497 e. The molecule has 1 heterocycles. The second-order valence-electron chi connectivity index (χ2n) is 9.01. The number of ketones is 1. The van der Waals surface area contributed by atoms with E-state index < -0.39 is 41.9 Å². The molecule has 3 fully saturated rings. The third kappa shape index (κ3) is 4.01. The summed E-state index contributed by atoms with van der Waals surface area (Å²) in [6, 6.07) is 12.6. The van der Waals surface area contributed by atoms with Crippen molar-refractivity contribution in [2.24, 2.45) is 23.7 Å². The molecule has 2 aromatic carbocycles. The lowest BCUT2D eigenvalue weighted by Crippen LogP contribution is -2.52. The number of rotatable bonds is 6. The van der Waals surface area contributed by atoms with Crippen LogP contribution in [0.4, 0.5) is 0 Å². The van der Waals surface area contributed by atoms with Gasteiger partial charge in [-0.2, -0.15) is 5.01 Å². The molecule has 6 atom stereocenters. The Morgan fingerprint density at radius 2 is 1.46 bits per heavy atom. The zero-order valence-corrected chi connectivity index (χ0v) is 22.5. The molecule has 0 N–H and O–H groups in total. The van der Waals surface area contributed by atoms with Gasteiger partial charge in [0.25, 0.3) is 17.7 Å². The number of hydrogen-bond acceptors (Lipinski definition) is 5. The fourth-order valence-electron chi connectivity index (χ4n) is 5.55. The minimum atomic E-state index is -0.622. The normalized spacial score (nSPS) is 28.9. The molecule has 2 aromatic rings. The Morgan fingerprint density at radius 3 is 1.97 bits per heavy atom. The summed E-state index contributed by atoms with van der Waals surface area (Å²) in [7, 11) is 1.52. The summed E-state index contributed by atoms with van der Waals surface area (Å²) in [5.41, 5.74) is 0.550. The summed E-state index contributed by atoms with van der Waals surface area (Å²) in [5, 5.41) is 2.34. The lowest BCUT2D eigenvalue weighted by Gasteiger charge is -2.31. The van der Waals surface area contributed by atoms with Crippen molar-refractivity contribution in [3.8, 4) is 5.75 Å². The molecule has 2 bridgehead atoms. The van der Waals surface area contributed by atoms with Crippen LogP contribution in [0.15, 0.2) is 48.5 Å². The lowest BCUT2D eigenvalue weighted by molar-refractivity contribution is -0.154. The Morgan fingerprint density at radius 1 is 0.943 bits per heavy atom. The first-order chi connectivity index (χ1) is 16.7. The van der Waals surface area contributed by atoms with Crippen molar-refractivity contribution >= 4 is 67.0 Å². The Bertz CT molecular complexity index is 1170. The number of ether oxygens (including phenoxy) is 1. The third-order valence-corrected chi connectivity index (χ3v) is 10.7. The fourth-order valence-corrected chi connectivity index (χ4v) is 7.55. The maximum atomic E-state index is 13.6. The summed E-state index contributed by atoms with van der Waals surface area (Å²) < 4.78 is 5.14. The van der Waals surface area contributed by atoms with Crippen molar-refractivity contribution in [2.45, 2.75) is 16.1 Å². The van der Waals surface area contributed by atoms with Crippen molar-refractivity contribution in [2.75, 3.05) is 13.7 Å². The molecule has 0 aromatic heterocycles. The number of nitrogens with zero attached hydrogens (tertiary/aromatic N) is 2. The molecule has 5 rings (SSSR count). The molecule has 0 spiro atoms. The molecular weight excluding hydrogens is 604 g/mol. The van der Waals surface area contributed by atoms with Crippen LogP contribution in [0.25, 0.3) is 0 Å². The number of carbonyl (C=O) groups is 4. The number of halogens is 3. The number of carbonyl (C=O) groups excluding carboxylic acids is 4. The monoisotopic (exact) mass is 622 g/mol. The number of amides is 3. The van der Waals surface area contributed by atoms with Crippen molar-refractivity contribution in [1.29, 1.82) is 0 Å². The molecule has 1 saturated heterocycles. The van der Waals surface area contributed by atoms with Gasteiger partial charge in [0.15, 0.2) is 5.78 Å². The van der Waals surface area contributed by atoms with Crippen molar-refractivity contribution in [3.05, 3.63) is 64.7 Å².